The zero-order valence-electron chi connectivity index (χ0n) is 16.0. The van der Waals surface area contributed by atoms with Crippen LogP contribution >= 0.6 is 11.3 Å². The number of sulfonamides is 1. The maximum absolute atomic E-state index is 13.5. The minimum atomic E-state index is -3.87. The topological polar surface area (TPSA) is 79.4 Å². The largest absolute Gasteiger partial charge is 0.301 e. The predicted molar refractivity (Wildman–Crippen MR) is 113 cm³/mol. The van der Waals surface area contributed by atoms with Crippen molar-refractivity contribution in [3.05, 3.63) is 53.5 Å². The first-order valence-electron chi connectivity index (χ1n) is 9.04. The van der Waals surface area contributed by atoms with Crippen LogP contribution in [-0.2, 0) is 14.8 Å². The average molecular weight is 418 g/mol. The highest BCUT2D eigenvalue weighted by atomic mass is 32.2. The maximum atomic E-state index is 13.5. The number of aromatic nitrogens is 1. The Morgan fingerprint density at radius 1 is 1.21 bits per heavy atom. The molecule has 2 aromatic carbocycles. The minimum absolute atomic E-state index is 0.212. The molecule has 0 saturated carbocycles. The lowest BCUT2D eigenvalue weighted by molar-refractivity contribution is -0.116. The molecule has 0 aliphatic rings. The Labute approximate surface area is 169 Å². The lowest BCUT2D eigenvalue weighted by atomic mass is 10.1. The average Bonchev–Trinajstić information content (AvgIpc) is 3.09. The molecule has 0 spiro atoms. The van der Waals surface area contributed by atoms with Gasteiger partial charge >= 0.3 is 0 Å². The van der Waals surface area contributed by atoms with Crippen molar-refractivity contribution >= 4 is 43.2 Å². The van der Waals surface area contributed by atoms with Crippen molar-refractivity contribution in [3.8, 4) is 0 Å². The molecule has 0 saturated heterocycles. The molecule has 6 nitrogen and oxygen atoms in total. The molecule has 0 aliphatic carbocycles. The quantitative estimate of drug-likeness (QED) is 0.629. The number of hydrogen-bond acceptors (Lipinski definition) is 5. The van der Waals surface area contributed by atoms with Crippen LogP contribution in [0.1, 0.15) is 26.0 Å². The second-order valence-corrected chi connectivity index (χ2v) is 9.34. The van der Waals surface area contributed by atoms with E-state index >= 15 is 0 Å². The Balaban J connectivity index is 1.94. The van der Waals surface area contributed by atoms with Gasteiger partial charge in [0.25, 0.3) is 0 Å². The molecule has 1 N–H and O–H groups in total. The molecule has 1 amide bonds. The van der Waals surface area contributed by atoms with E-state index < -0.39 is 15.9 Å². The van der Waals surface area contributed by atoms with Gasteiger partial charge in [0.2, 0.25) is 15.9 Å². The van der Waals surface area contributed by atoms with E-state index in [9.17, 15) is 13.2 Å². The smallest absolute Gasteiger partial charge is 0.244 e. The molecule has 1 heterocycles. The molecule has 148 valence electrons. The highest BCUT2D eigenvalue weighted by molar-refractivity contribution is 7.89. The van der Waals surface area contributed by atoms with Gasteiger partial charge < -0.3 is 5.32 Å². The number of nitrogens with one attached hydrogen (secondary N) is 1. The molecule has 1 aromatic heterocycles. The summed E-state index contributed by atoms with van der Waals surface area (Å²) in [5.41, 5.74) is 0.808. The van der Waals surface area contributed by atoms with Gasteiger partial charge in [-0.15, -0.1) is 11.3 Å². The summed E-state index contributed by atoms with van der Waals surface area (Å²) in [4.78, 5) is 17.0. The summed E-state index contributed by atoms with van der Waals surface area (Å²) in [7, 11) is -3.87. The Morgan fingerprint density at radius 2 is 1.93 bits per heavy atom. The summed E-state index contributed by atoms with van der Waals surface area (Å²) in [6.07, 6.45) is 0.591. The zero-order valence-corrected chi connectivity index (χ0v) is 17.7. The first kappa shape index (κ1) is 20.4. The standard InChI is InChI=1S/C20H23N3O3S2/c1-4-15(3)23(12-19(24)22-20-21-14(2)13-27-20)28(25,26)18-11-7-9-16-8-5-6-10-17(16)18/h5-11,13,15H,4,12H2,1-3H3,(H,21,22,24). The van der Waals surface area contributed by atoms with Gasteiger partial charge in [0.05, 0.1) is 17.1 Å². The fourth-order valence-corrected chi connectivity index (χ4v) is 5.52. The number of aryl methyl sites for hydroxylation is 1. The second kappa shape index (κ2) is 8.38. The number of rotatable bonds is 7. The number of carbonyl (C=O) groups excluding carboxylic acids is 1. The Kier molecular flexibility index (Phi) is 6.12. The van der Waals surface area contributed by atoms with E-state index in [1.165, 1.54) is 15.6 Å². The van der Waals surface area contributed by atoms with Crippen LogP contribution in [0.15, 0.2) is 52.7 Å². The molecular weight excluding hydrogens is 394 g/mol. The van der Waals surface area contributed by atoms with E-state index in [0.717, 1.165) is 11.1 Å². The van der Waals surface area contributed by atoms with E-state index in [1.807, 2.05) is 50.4 Å². The zero-order chi connectivity index (χ0) is 20.3. The lowest BCUT2D eigenvalue weighted by Gasteiger charge is -2.27. The van der Waals surface area contributed by atoms with Crippen molar-refractivity contribution < 1.29 is 13.2 Å². The van der Waals surface area contributed by atoms with Gasteiger partial charge in [-0.2, -0.15) is 4.31 Å². The van der Waals surface area contributed by atoms with Gasteiger partial charge in [-0.3, -0.25) is 4.79 Å². The number of anilines is 1. The van der Waals surface area contributed by atoms with Crippen molar-refractivity contribution in [2.24, 2.45) is 0 Å². The molecule has 1 unspecified atom stereocenters. The van der Waals surface area contributed by atoms with Gasteiger partial charge in [-0.05, 0) is 31.7 Å². The minimum Gasteiger partial charge on any atom is -0.301 e. The Morgan fingerprint density at radius 3 is 2.61 bits per heavy atom. The molecule has 8 heteroatoms. The van der Waals surface area contributed by atoms with E-state index in [4.69, 9.17) is 0 Å². The van der Waals surface area contributed by atoms with Crippen LogP contribution in [0.5, 0.6) is 0 Å². The van der Waals surface area contributed by atoms with Crippen LogP contribution in [0, 0.1) is 6.92 Å². The third kappa shape index (κ3) is 4.24. The highest BCUT2D eigenvalue weighted by Crippen LogP contribution is 2.27. The molecule has 1 atom stereocenters. The second-order valence-electron chi connectivity index (χ2n) is 6.63. The predicted octanol–water partition coefficient (Wildman–Crippen LogP) is 4.03. The van der Waals surface area contributed by atoms with Crippen molar-refractivity contribution in [2.75, 3.05) is 11.9 Å². The van der Waals surface area contributed by atoms with Crippen molar-refractivity contribution in [1.82, 2.24) is 9.29 Å². The van der Waals surface area contributed by atoms with Crippen LogP contribution in [0.2, 0.25) is 0 Å². The van der Waals surface area contributed by atoms with E-state index in [1.54, 1.807) is 18.2 Å². The van der Waals surface area contributed by atoms with E-state index in [2.05, 4.69) is 10.3 Å². The van der Waals surface area contributed by atoms with Crippen LogP contribution < -0.4 is 5.32 Å². The summed E-state index contributed by atoms with van der Waals surface area (Å²) in [5.74, 6) is -0.404. The fourth-order valence-electron chi connectivity index (χ4n) is 2.94. The molecule has 3 aromatic rings. The monoisotopic (exact) mass is 417 g/mol. The van der Waals surface area contributed by atoms with Gasteiger partial charge in [0.15, 0.2) is 5.13 Å². The van der Waals surface area contributed by atoms with Gasteiger partial charge in [-0.25, -0.2) is 13.4 Å². The van der Waals surface area contributed by atoms with Crippen molar-refractivity contribution in [1.29, 1.82) is 0 Å². The van der Waals surface area contributed by atoms with Crippen molar-refractivity contribution in [3.63, 3.8) is 0 Å². The van der Waals surface area contributed by atoms with Gasteiger partial charge in [-0.1, -0.05) is 43.3 Å². The van der Waals surface area contributed by atoms with Gasteiger partial charge in [0.1, 0.15) is 0 Å². The summed E-state index contributed by atoms with van der Waals surface area (Å²) in [5, 5.41) is 6.48. The SMILES string of the molecule is CCC(C)N(CC(=O)Nc1nc(C)cs1)S(=O)(=O)c1cccc2ccccc12. The summed E-state index contributed by atoms with van der Waals surface area (Å²) >= 11 is 1.31. The molecule has 0 bridgehead atoms. The number of carbonyl (C=O) groups is 1. The first-order valence-corrected chi connectivity index (χ1v) is 11.4. The first-order chi connectivity index (χ1) is 13.3. The molecule has 0 aliphatic heterocycles. The third-order valence-electron chi connectivity index (χ3n) is 4.58. The summed E-state index contributed by atoms with van der Waals surface area (Å²) in [6, 6.07) is 12.2. The van der Waals surface area contributed by atoms with Crippen molar-refractivity contribution in [2.45, 2.75) is 38.1 Å². The Hall–Kier alpha value is -2.29. The number of nitrogens with zero attached hydrogens (tertiary/aromatic N) is 2. The van der Waals surface area contributed by atoms with Crippen LogP contribution in [0.3, 0.4) is 0 Å². The fraction of sp³-hybridized carbons (Fsp3) is 0.300. The van der Waals surface area contributed by atoms with E-state index in [0.29, 0.717) is 16.9 Å². The molecule has 0 fully saturated rings. The Bertz CT molecular complexity index is 1090. The summed E-state index contributed by atoms with van der Waals surface area (Å²) < 4.78 is 28.2. The third-order valence-corrected chi connectivity index (χ3v) is 7.48. The molecule has 3 rings (SSSR count). The van der Waals surface area contributed by atoms with Crippen LogP contribution in [0.4, 0.5) is 5.13 Å². The maximum Gasteiger partial charge on any atom is 0.244 e. The number of amides is 1. The molecule has 0 radical (unpaired) electrons. The normalized spacial score (nSPS) is 13.0. The van der Waals surface area contributed by atoms with E-state index in [-0.39, 0.29) is 17.5 Å². The van der Waals surface area contributed by atoms with Crippen LogP contribution in [0.25, 0.3) is 10.8 Å². The van der Waals surface area contributed by atoms with Crippen LogP contribution in [-0.4, -0.2) is 36.2 Å². The highest BCUT2D eigenvalue weighted by Gasteiger charge is 2.31. The number of hydrogen-bond donors (Lipinski definition) is 1. The number of thiazole rings is 1. The lowest BCUT2D eigenvalue weighted by Crippen LogP contribution is -2.43. The molecule has 28 heavy (non-hydrogen) atoms. The molecular formula is C20H23N3O3S2. The van der Waals surface area contributed by atoms with Gasteiger partial charge in [0, 0.05) is 16.8 Å². The summed E-state index contributed by atoms with van der Waals surface area (Å²) in [6.45, 7) is 5.28. The number of fused-ring (bicyclic) bond motifs is 1. The number of benzene rings is 2.